The molecule has 28 heavy (non-hydrogen) atoms. The summed E-state index contributed by atoms with van der Waals surface area (Å²) >= 11 is 1.61. The number of aryl methyl sites for hydroxylation is 1. The Bertz CT molecular complexity index is 979. The van der Waals surface area contributed by atoms with Gasteiger partial charge in [0.2, 0.25) is 11.3 Å². The fourth-order valence-corrected chi connectivity index (χ4v) is 3.51. The largest absolute Gasteiger partial charge is 0.491 e. The van der Waals surface area contributed by atoms with E-state index in [4.69, 9.17) is 9.15 Å². The van der Waals surface area contributed by atoms with Crippen LogP contribution in [0.2, 0.25) is 0 Å². The third kappa shape index (κ3) is 5.29. The van der Waals surface area contributed by atoms with Crippen LogP contribution in [0.1, 0.15) is 17.0 Å². The van der Waals surface area contributed by atoms with Gasteiger partial charge in [-0.3, -0.25) is 9.59 Å². The van der Waals surface area contributed by atoms with E-state index >= 15 is 0 Å². The molecule has 1 amide bonds. The molecule has 146 valence electrons. The van der Waals surface area contributed by atoms with Crippen LogP contribution < -0.4 is 15.5 Å². The molecule has 0 aliphatic carbocycles. The van der Waals surface area contributed by atoms with E-state index in [0.29, 0.717) is 18.1 Å². The number of rotatable bonds is 8. The summed E-state index contributed by atoms with van der Waals surface area (Å²) in [5.74, 6) is 1.28. The third-order valence-corrected chi connectivity index (χ3v) is 5.21. The number of carbonyl (C=O) groups excluding carboxylic acids is 1. The SMILES string of the molecule is COc1cn(CC(=O)NCc2ccco2)c(CSc2ccc(C)cc2)cc1=O. The van der Waals surface area contributed by atoms with E-state index in [1.54, 1.807) is 40.9 Å². The maximum atomic E-state index is 12.4. The Balaban J connectivity index is 1.72. The van der Waals surface area contributed by atoms with E-state index < -0.39 is 0 Å². The van der Waals surface area contributed by atoms with Crippen LogP contribution in [0.4, 0.5) is 0 Å². The number of thioether (sulfide) groups is 1. The molecule has 0 bridgehead atoms. The Morgan fingerprint density at radius 1 is 1.25 bits per heavy atom. The smallest absolute Gasteiger partial charge is 0.240 e. The Labute approximate surface area is 167 Å². The Kier molecular flexibility index (Phi) is 6.60. The molecule has 0 saturated carbocycles. The number of nitrogens with zero attached hydrogens (tertiary/aromatic N) is 1. The Morgan fingerprint density at radius 2 is 2.04 bits per heavy atom. The molecule has 0 atom stereocenters. The molecule has 1 aromatic carbocycles. The number of hydrogen-bond donors (Lipinski definition) is 1. The summed E-state index contributed by atoms with van der Waals surface area (Å²) in [5.41, 5.74) is 1.75. The van der Waals surface area contributed by atoms with Crippen molar-refractivity contribution in [2.24, 2.45) is 0 Å². The molecular formula is C21H22N2O4S. The number of carbonyl (C=O) groups is 1. The van der Waals surface area contributed by atoms with Crippen molar-refractivity contribution < 1.29 is 13.9 Å². The predicted octanol–water partition coefficient (Wildman–Crippen LogP) is 3.37. The molecule has 0 fully saturated rings. The normalized spacial score (nSPS) is 10.6. The van der Waals surface area contributed by atoms with Gasteiger partial charge in [0.15, 0.2) is 5.75 Å². The fraction of sp³-hybridized carbons (Fsp3) is 0.238. The number of hydrogen-bond acceptors (Lipinski definition) is 5. The quantitative estimate of drug-likeness (QED) is 0.589. The first-order valence-corrected chi connectivity index (χ1v) is 9.79. The van der Waals surface area contributed by atoms with Crippen molar-refractivity contribution in [2.45, 2.75) is 30.7 Å². The van der Waals surface area contributed by atoms with Gasteiger partial charge < -0.3 is 19.0 Å². The first kappa shape index (κ1) is 19.8. The van der Waals surface area contributed by atoms with Crippen molar-refractivity contribution in [1.29, 1.82) is 0 Å². The molecule has 3 rings (SSSR count). The van der Waals surface area contributed by atoms with Crippen LogP contribution in [-0.2, 0) is 23.6 Å². The lowest BCUT2D eigenvalue weighted by molar-refractivity contribution is -0.121. The van der Waals surface area contributed by atoms with Crippen molar-refractivity contribution in [3.05, 3.63) is 82.2 Å². The zero-order chi connectivity index (χ0) is 19.9. The van der Waals surface area contributed by atoms with Gasteiger partial charge in [0, 0.05) is 22.4 Å². The first-order valence-electron chi connectivity index (χ1n) is 8.81. The number of aromatic nitrogens is 1. The van der Waals surface area contributed by atoms with Crippen molar-refractivity contribution in [1.82, 2.24) is 9.88 Å². The van der Waals surface area contributed by atoms with Gasteiger partial charge in [-0.25, -0.2) is 0 Å². The highest BCUT2D eigenvalue weighted by Gasteiger charge is 2.11. The van der Waals surface area contributed by atoms with Gasteiger partial charge in [-0.15, -0.1) is 11.8 Å². The number of methoxy groups -OCH3 is 1. The molecule has 0 radical (unpaired) electrons. The van der Waals surface area contributed by atoms with Crippen LogP contribution in [0.3, 0.4) is 0 Å². The second kappa shape index (κ2) is 9.32. The topological polar surface area (TPSA) is 73.5 Å². The van der Waals surface area contributed by atoms with Gasteiger partial charge in [0.05, 0.1) is 26.1 Å². The molecule has 6 nitrogen and oxygen atoms in total. The lowest BCUT2D eigenvalue weighted by Gasteiger charge is -2.15. The fourth-order valence-electron chi connectivity index (χ4n) is 2.62. The van der Waals surface area contributed by atoms with Crippen molar-refractivity contribution >= 4 is 17.7 Å². The number of ether oxygens (including phenoxy) is 1. The molecule has 0 aliphatic rings. The summed E-state index contributed by atoms with van der Waals surface area (Å²) in [7, 11) is 1.44. The predicted molar refractivity (Wildman–Crippen MR) is 109 cm³/mol. The molecule has 0 spiro atoms. The standard InChI is InChI=1S/C21H22N2O4S/c1-15-5-7-18(8-6-15)28-14-16-10-19(24)20(26-2)12-23(16)13-21(25)22-11-17-4-3-9-27-17/h3-10,12H,11,13-14H2,1-2H3,(H,22,25). The Hall–Kier alpha value is -2.93. The van der Waals surface area contributed by atoms with Crippen LogP contribution in [0, 0.1) is 6.92 Å². The van der Waals surface area contributed by atoms with E-state index in [9.17, 15) is 9.59 Å². The van der Waals surface area contributed by atoms with E-state index in [-0.39, 0.29) is 23.6 Å². The van der Waals surface area contributed by atoms with Gasteiger partial charge in [-0.2, -0.15) is 0 Å². The lowest BCUT2D eigenvalue weighted by atomic mass is 10.2. The minimum absolute atomic E-state index is 0.0845. The highest BCUT2D eigenvalue weighted by molar-refractivity contribution is 7.98. The second-order valence-electron chi connectivity index (χ2n) is 6.28. The van der Waals surface area contributed by atoms with Crippen LogP contribution in [-0.4, -0.2) is 17.6 Å². The number of amides is 1. The molecular weight excluding hydrogens is 376 g/mol. The molecule has 3 aromatic rings. The average Bonchev–Trinajstić information content (AvgIpc) is 3.21. The van der Waals surface area contributed by atoms with E-state index in [2.05, 4.69) is 5.32 Å². The van der Waals surface area contributed by atoms with Gasteiger partial charge in [0.1, 0.15) is 12.3 Å². The summed E-state index contributed by atoms with van der Waals surface area (Å²) in [5, 5.41) is 2.81. The van der Waals surface area contributed by atoms with Gasteiger partial charge in [-0.1, -0.05) is 17.7 Å². The number of benzene rings is 1. The van der Waals surface area contributed by atoms with Crippen molar-refractivity contribution in [2.75, 3.05) is 7.11 Å². The number of nitrogens with one attached hydrogen (secondary N) is 1. The van der Waals surface area contributed by atoms with Crippen LogP contribution >= 0.6 is 11.8 Å². The molecule has 7 heteroatoms. The average molecular weight is 398 g/mol. The van der Waals surface area contributed by atoms with Crippen LogP contribution in [0.5, 0.6) is 5.75 Å². The van der Waals surface area contributed by atoms with E-state index in [1.165, 1.54) is 18.7 Å². The molecule has 1 N–H and O–H groups in total. The highest BCUT2D eigenvalue weighted by Crippen LogP contribution is 2.23. The molecule has 2 heterocycles. The third-order valence-electron chi connectivity index (χ3n) is 4.16. The van der Waals surface area contributed by atoms with Gasteiger partial charge >= 0.3 is 0 Å². The van der Waals surface area contributed by atoms with Crippen LogP contribution in [0.15, 0.2) is 69.0 Å². The zero-order valence-corrected chi connectivity index (χ0v) is 16.6. The van der Waals surface area contributed by atoms with Crippen molar-refractivity contribution in [3.63, 3.8) is 0 Å². The summed E-state index contributed by atoms with van der Waals surface area (Å²) < 4.78 is 12.1. The summed E-state index contributed by atoms with van der Waals surface area (Å²) in [6.45, 7) is 2.44. The minimum Gasteiger partial charge on any atom is -0.491 e. The number of furan rings is 1. The van der Waals surface area contributed by atoms with E-state index in [0.717, 1.165) is 10.6 Å². The molecule has 0 saturated heterocycles. The van der Waals surface area contributed by atoms with Crippen LogP contribution in [0.25, 0.3) is 0 Å². The maximum absolute atomic E-state index is 12.4. The lowest BCUT2D eigenvalue weighted by Crippen LogP contribution is -2.28. The van der Waals surface area contributed by atoms with Gasteiger partial charge in [-0.05, 0) is 31.2 Å². The highest BCUT2D eigenvalue weighted by atomic mass is 32.2. The van der Waals surface area contributed by atoms with Crippen molar-refractivity contribution in [3.8, 4) is 5.75 Å². The summed E-state index contributed by atoms with van der Waals surface area (Å²) in [6.07, 6.45) is 3.15. The Morgan fingerprint density at radius 3 is 2.71 bits per heavy atom. The second-order valence-corrected chi connectivity index (χ2v) is 7.33. The monoisotopic (exact) mass is 398 g/mol. The zero-order valence-electron chi connectivity index (χ0n) is 15.8. The first-order chi connectivity index (χ1) is 13.5. The molecule has 2 aromatic heterocycles. The van der Waals surface area contributed by atoms with E-state index in [1.807, 2.05) is 31.2 Å². The molecule has 0 unspecified atom stereocenters. The summed E-state index contributed by atoms with van der Waals surface area (Å²) in [6, 6.07) is 13.3. The molecule has 0 aliphatic heterocycles. The number of pyridine rings is 1. The summed E-state index contributed by atoms with van der Waals surface area (Å²) in [4.78, 5) is 25.6. The minimum atomic E-state index is -0.200. The maximum Gasteiger partial charge on any atom is 0.240 e. The van der Waals surface area contributed by atoms with Gasteiger partial charge in [0.25, 0.3) is 0 Å².